The molecule has 0 spiro atoms. The van der Waals surface area contributed by atoms with Crippen molar-refractivity contribution in [3.8, 4) is 0 Å². The van der Waals surface area contributed by atoms with Gasteiger partial charge < -0.3 is 9.90 Å². The van der Waals surface area contributed by atoms with E-state index in [1.807, 2.05) is 0 Å². The van der Waals surface area contributed by atoms with Crippen LogP contribution in [0.4, 0.5) is 0 Å². The fourth-order valence-electron chi connectivity index (χ4n) is 0. The van der Waals surface area contributed by atoms with E-state index in [0.717, 1.165) is 6.92 Å². The molecule has 0 saturated carbocycles. The van der Waals surface area contributed by atoms with Crippen LogP contribution in [0.15, 0.2) is 0 Å². The molecule has 0 aromatic rings. The van der Waals surface area contributed by atoms with Crippen LogP contribution in [0.2, 0.25) is 0 Å². The number of carbonyl (C=O) groups excluding carboxylic acids is 1. The molecule has 0 aromatic carbocycles. The van der Waals surface area contributed by atoms with Crippen molar-refractivity contribution < 1.29 is 47.4 Å². The summed E-state index contributed by atoms with van der Waals surface area (Å²) in [6.07, 6.45) is 1.50. The maximum absolute atomic E-state index is 9.00. The molecule has 4 heteroatoms. The molecule has 0 rings (SSSR count). The van der Waals surface area contributed by atoms with Gasteiger partial charge in [-0.15, -0.1) is 0 Å². The zero-order chi connectivity index (χ0) is 6.28. The summed E-state index contributed by atoms with van der Waals surface area (Å²) in [5, 5.41) is 7.42. The maximum Gasteiger partial charge on any atom is 0.300 e. The van der Waals surface area contributed by atoms with Crippen molar-refractivity contribution in [2.24, 2.45) is 0 Å². The first-order valence-corrected chi connectivity index (χ1v) is 1.63. The predicted octanol–water partition coefficient (Wildman–Crippen LogP) is 0.204. The molecule has 0 heterocycles. The van der Waals surface area contributed by atoms with Gasteiger partial charge in [-0.05, 0) is 0 Å². The molecule has 3 nitrogen and oxygen atoms in total. The standard InChI is InChI=1S/C2H4O2.C2H3O.Y/c1-2(3)4;1-2-3;/h1H3,(H,3,4);1H3;/q;-1;. The summed E-state index contributed by atoms with van der Waals surface area (Å²) >= 11 is 0. The molecule has 0 bridgehead atoms. The van der Waals surface area contributed by atoms with Gasteiger partial charge in [0.1, 0.15) is 0 Å². The van der Waals surface area contributed by atoms with E-state index in [4.69, 9.17) is 14.7 Å². The SMILES string of the molecule is CC(=O)O.C[C-]=O.[Y]. The first-order valence-electron chi connectivity index (χ1n) is 1.63. The third kappa shape index (κ3) is 2890. The van der Waals surface area contributed by atoms with Crippen LogP contribution >= 0.6 is 0 Å². The summed E-state index contributed by atoms with van der Waals surface area (Å²) in [7, 11) is 0. The third-order valence-electron chi connectivity index (χ3n) is 0. The number of hydrogen-bond donors (Lipinski definition) is 1. The molecular formula is C4H7O3Y-. The van der Waals surface area contributed by atoms with Crippen molar-refractivity contribution in [3.63, 3.8) is 0 Å². The monoisotopic (exact) mass is 192 g/mol. The molecule has 0 amide bonds. The van der Waals surface area contributed by atoms with Gasteiger partial charge in [-0.3, -0.25) is 11.1 Å². The predicted molar refractivity (Wildman–Crippen MR) is 24.7 cm³/mol. The quantitative estimate of drug-likeness (QED) is 0.558. The summed E-state index contributed by atoms with van der Waals surface area (Å²) in [4.78, 5) is 17.7. The van der Waals surface area contributed by atoms with Crippen LogP contribution in [0, 0.1) is 0 Å². The Hall–Kier alpha value is 0.244. The zero-order valence-electron chi connectivity index (χ0n) is 4.84. The number of rotatable bonds is 0. The number of hydrogen-bond acceptors (Lipinski definition) is 2. The molecule has 45 valence electrons. The second-order valence-corrected chi connectivity index (χ2v) is 0.723. The number of carboxylic acid groups (broad SMARTS) is 1. The van der Waals surface area contributed by atoms with E-state index in [9.17, 15) is 0 Å². The Morgan fingerprint density at radius 2 is 1.62 bits per heavy atom. The van der Waals surface area contributed by atoms with Crippen LogP contribution in [0.3, 0.4) is 0 Å². The normalized spacial score (nSPS) is 4.75. The molecule has 0 aliphatic rings. The van der Waals surface area contributed by atoms with Crippen LogP contribution < -0.4 is 0 Å². The Balaban J connectivity index is -0.0000000575. The second kappa shape index (κ2) is 15.7. The fraction of sp³-hybridized carbons (Fsp3) is 0.500. The first-order chi connectivity index (χ1) is 3.15. The summed E-state index contributed by atoms with van der Waals surface area (Å²) < 4.78 is 0. The Bertz CT molecular complexity index is 58.3. The maximum atomic E-state index is 9.00. The van der Waals surface area contributed by atoms with Gasteiger partial charge in [0.05, 0.1) is 0 Å². The van der Waals surface area contributed by atoms with Gasteiger partial charge in [0.25, 0.3) is 5.97 Å². The number of carboxylic acids is 1. The largest absolute Gasteiger partial charge is 0.542 e. The minimum Gasteiger partial charge on any atom is -0.542 e. The van der Waals surface area contributed by atoms with Crippen LogP contribution in [-0.4, -0.2) is 17.4 Å². The average molecular weight is 192 g/mol. The molecule has 0 fully saturated rings. The third-order valence-corrected chi connectivity index (χ3v) is 0. The molecule has 1 N–H and O–H groups in total. The smallest absolute Gasteiger partial charge is 0.300 e. The van der Waals surface area contributed by atoms with Gasteiger partial charge >= 0.3 is 0 Å². The molecule has 0 atom stereocenters. The summed E-state index contributed by atoms with van der Waals surface area (Å²) in [5.41, 5.74) is 0. The molecule has 1 radical (unpaired) electrons. The Kier molecular flexibility index (Phi) is 30.8. The molecule has 0 saturated heterocycles. The topological polar surface area (TPSA) is 54.4 Å². The van der Waals surface area contributed by atoms with Crippen molar-refractivity contribution in [2.75, 3.05) is 0 Å². The van der Waals surface area contributed by atoms with E-state index in [1.54, 1.807) is 0 Å². The van der Waals surface area contributed by atoms with Crippen LogP contribution in [-0.2, 0) is 42.3 Å². The van der Waals surface area contributed by atoms with Gasteiger partial charge in [-0.2, -0.15) is 6.92 Å². The van der Waals surface area contributed by atoms with Crippen molar-refractivity contribution in [1.29, 1.82) is 0 Å². The van der Waals surface area contributed by atoms with Crippen molar-refractivity contribution >= 4 is 12.3 Å². The van der Waals surface area contributed by atoms with E-state index in [2.05, 4.69) is 0 Å². The van der Waals surface area contributed by atoms with Gasteiger partial charge in [-0.25, -0.2) is 0 Å². The molecule has 0 aromatic heterocycles. The number of carbonyl (C=O) groups is 1. The Labute approximate surface area is 73.3 Å². The first kappa shape index (κ1) is 15.7. The van der Waals surface area contributed by atoms with Gasteiger partial charge in [0, 0.05) is 39.6 Å². The van der Waals surface area contributed by atoms with E-state index in [0.29, 0.717) is 0 Å². The molecule has 0 aliphatic carbocycles. The Morgan fingerprint density at radius 3 is 1.62 bits per heavy atom. The minimum atomic E-state index is -0.833. The second-order valence-electron chi connectivity index (χ2n) is 0.723. The fourth-order valence-corrected chi connectivity index (χ4v) is 0. The molecule has 0 unspecified atom stereocenters. The average Bonchev–Trinajstić information content (AvgIpc) is 1.33. The van der Waals surface area contributed by atoms with Gasteiger partial charge in [0.15, 0.2) is 0 Å². The van der Waals surface area contributed by atoms with Gasteiger partial charge in [0.2, 0.25) is 0 Å². The minimum absolute atomic E-state index is 0. The van der Waals surface area contributed by atoms with E-state index < -0.39 is 5.97 Å². The van der Waals surface area contributed by atoms with E-state index >= 15 is 0 Å². The molecular weight excluding hydrogens is 185 g/mol. The van der Waals surface area contributed by atoms with Crippen molar-refractivity contribution in [1.82, 2.24) is 0 Å². The molecule has 0 aliphatic heterocycles. The van der Waals surface area contributed by atoms with Crippen LogP contribution in [0.5, 0.6) is 0 Å². The Morgan fingerprint density at radius 1 is 1.62 bits per heavy atom. The zero-order valence-corrected chi connectivity index (χ0v) is 7.68. The van der Waals surface area contributed by atoms with Crippen LogP contribution in [0.25, 0.3) is 0 Å². The summed E-state index contributed by atoms with van der Waals surface area (Å²) in [6.45, 7) is 2.40. The van der Waals surface area contributed by atoms with Crippen LogP contribution in [0.1, 0.15) is 13.8 Å². The van der Waals surface area contributed by atoms with Crippen molar-refractivity contribution in [2.45, 2.75) is 13.8 Å². The van der Waals surface area contributed by atoms with Gasteiger partial charge in [-0.1, -0.05) is 0 Å². The number of aliphatic carboxylic acids is 1. The molecule has 8 heavy (non-hydrogen) atoms. The van der Waals surface area contributed by atoms with E-state index in [1.165, 1.54) is 13.2 Å². The van der Waals surface area contributed by atoms with E-state index in [-0.39, 0.29) is 32.7 Å². The summed E-state index contributed by atoms with van der Waals surface area (Å²) in [6, 6.07) is 0. The van der Waals surface area contributed by atoms with Crippen molar-refractivity contribution in [3.05, 3.63) is 0 Å². The summed E-state index contributed by atoms with van der Waals surface area (Å²) in [5.74, 6) is -0.833.